The normalized spacial score (nSPS) is 11.1. The second-order valence-electron chi connectivity index (χ2n) is 4.36. The highest BCUT2D eigenvalue weighted by Crippen LogP contribution is 2.19. The molecule has 0 radical (unpaired) electrons. The lowest BCUT2D eigenvalue weighted by atomic mass is 10.0. The summed E-state index contributed by atoms with van der Waals surface area (Å²) in [4.78, 5) is 23.1. The van der Waals surface area contributed by atoms with Crippen molar-refractivity contribution in [2.75, 3.05) is 0 Å². The lowest BCUT2D eigenvalue weighted by Gasteiger charge is -2.22. The van der Waals surface area contributed by atoms with Crippen LogP contribution in [0.25, 0.3) is 0 Å². The first kappa shape index (κ1) is 13.5. The second-order valence-corrected chi connectivity index (χ2v) is 4.76. The SMILES string of the molecule is Cc1c(Cl)cccc1C(=O)NC(C)(C)C(N)=O. The summed E-state index contributed by atoms with van der Waals surface area (Å²) in [6, 6.07) is 5.03. The molecule has 0 saturated heterocycles. The molecule has 0 unspecified atom stereocenters. The molecule has 0 saturated carbocycles. The van der Waals surface area contributed by atoms with Crippen LogP contribution in [0.15, 0.2) is 18.2 Å². The second kappa shape index (κ2) is 4.75. The molecule has 0 atom stereocenters. The molecule has 0 fully saturated rings. The third-order valence-electron chi connectivity index (χ3n) is 2.55. The van der Waals surface area contributed by atoms with Gasteiger partial charge in [-0.15, -0.1) is 0 Å². The van der Waals surface area contributed by atoms with Gasteiger partial charge >= 0.3 is 0 Å². The molecular weight excluding hydrogens is 240 g/mol. The van der Waals surface area contributed by atoms with Crippen molar-refractivity contribution < 1.29 is 9.59 Å². The third kappa shape index (κ3) is 2.97. The maximum absolute atomic E-state index is 12.0. The van der Waals surface area contributed by atoms with Gasteiger partial charge in [0.2, 0.25) is 5.91 Å². The highest BCUT2D eigenvalue weighted by molar-refractivity contribution is 6.31. The Morgan fingerprint density at radius 2 is 1.94 bits per heavy atom. The van der Waals surface area contributed by atoms with E-state index in [1.807, 2.05) is 0 Å². The van der Waals surface area contributed by atoms with Gasteiger partial charge in [0, 0.05) is 10.6 Å². The number of nitrogens with two attached hydrogens (primary N) is 1. The van der Waals surface area contributed by atoms with Gasteiger partial charge in [0.15, 0.2) is 0 Å². The van der Waals surface area contributed by atoms with E-state index in [1.165, 1.54) is 0 Å². The predicted octanol–water partition coefficient (Wildman–Crippen LogP) is 1.64. The van der Waals surface area contributed by atoms with E-state index in [4.69, 9.17) is 17.3 Å². The Morgan fingerprint density at radius 3 is 2.47 bits per heavy atom. The first-order valence-electron chi connectivity index (χ1n) is 5.13. The van der Waals surface area contributed by atoms with Gasteiger partial charge in [0.25, 0.3) is 5.91 Å². The lowest BCUT2D eigenvalue weighted by Crippen LogP contribution is -2.53. The standard InChI is InChI=1S/C12H15ClN2O2/c1-7-8(5-4-6-9(7)13)10(16)15-12(2,3)11(14)17/h4-6H,1-3H3,(H2,14,17)(H,15,16). The van der Waals surface area contributed by atoms with Gasteiger partial charge in [-0.25, -0.2) is 0 Å². The summed E-state index contributed by atoms with van der Waals surface area (Å²) >= 11 is 5.92. The van der Waals surface area contributed by atoms with Crippen molar-refractivity contribution in [3.63, 3.8) is 0 Å². The van der Waals surface area contributed by atoms with E-state index in [0.29, 0.717) is 16.1 Å². The summed E-state index contributed by atoms with van der Waals surface area (Å²) in [5, 5.41) is 3.08. The predicted molar refractivity (Wildman–Crippen MR) is 66.9 cm³/mol. The molecule has 0 aliphatic rings. The molecule has 1 aromatic rings. The average molecular weight is 255 g/mol. The Morgan fingerprint density at radius 1 is 1.35 bits per heavy atom. The topological polar surface area (TPSA) is 72.2 Å². The number of rotatable bonds is 3. The maximum Gasteiger partial charge on any atom is 0.252 e. The number of hydrogen-bond acceptors (Lipinski definition) is 2. The van der Waals surface area contributed by atoms with Crippen LogP contribution in [-0.2, 0) is 4.79 Å². The van der Waals surface area contributed by atoms with E-state index in [2.05, 4.69) is 5.32 Å². The van der Waals surface area contributed by atoms with Crippen molar-refractivity contribution in [2.24, 2.45) is 5.73 Å². The van der Waals surface area contributed by atoms with E-state index >= 15 is 0 Å². The van der Waals surface area contributed by atoms with Gasteiger partial charge in [-0.05, 0) is 38.5 Å². The van der Waals surface area contributed by atoms with Crippen molar-refractivity contribution in [3.05, 3.63) is 34.3 Å². The minimum absolute atomic E-state index is 0.367. The van der Waals surface area contributed by atoms with Crippen LogP contribution in [0.2, 0.25) is 5.02 Å². The number of nitrogens with one attached hydrogen (secondary N) is 1. The van der Waals surface area contributed by atoms with Crippen LogP contribution < -0.4 is 11.1 Å². The molecule has 0 aliphatic carbocycles. The zero-order valence-electron chi connectivity index (χ0n) is 10.0. The van der Waals surface area contributed by atoms with Gasteiger partial charge in [-0.2, -0.15) is 0 Å². The molecule has 0 aromatic heterocycles. The molecule has 1 rings (SSSR count). The zero-order chi connectivity index (χ0) is 13.2. The Balaban J connectivity index is 2.99. The Hall–Kier alpha value is -1.55. The summed E-state index contributed by atoms with van der Waals surface area (Å²) in [7, 11) is 0. The third-order valence-corrected chi connectivity index (χ3v) is 2.96. The van der Waals surface area contributed by atoms with Crippen molar-refractivity contribution in [3.8, 4) is 0 Å². The number of carbonyl (C=O) groups excluding carboxylic acids is 2. The van der Waals surface area contributed by atoms with Gasteiger partial charge in [-0.3, -0.25) is 9.59 Å². The van der Waals surface area contributed by atoms with Crippen LogP contribution in [0, 0.1) is 6.92 Å². The fraction of sp³-hybridized carbons (Fsp3) is 0.333. The molecular formula is C12H15ClN2O2. The van der Waals surface area contributed by atoms with Gasteiger partial charge in [0.1, 0.15) is 5.54 Å². The average Bonchev–Trinajstić information content (AvgIpc) is 2.21. The highest BCUT2D eigenvalue weighted by Gasteiger charge is 2.27. The minimum atomic E-state index is -1.09. The Labute approximate surface area is 105 Å². The number of carbonyl (C=O) groups is 2. The molecule has 0 aliphatic heterocycles. The maximum atomic E-state index is 12.0. The molecule has 2 amide bonds. The van der Waals surface area contributed by atoms with Crippen molar-refractivity contribution in [1.29, 1.82) is 0 Å². The molecule has 5 heteroatoms. The Bertz CT molecular complexity index is 470. The smallest absolute Gasteiger partial charge is 0.252 e. The first-order chi connectivity index (χ1) is 7.75. The minimum Gasteiger partial charge on any atom is -0.368 e. The number of benzene rings is 1. The molecule has 0 spiro atoms. The van der Waals surface area contributed by atoms with E-state index in [0.717, 1.165) is 0 Å². The molecule has 1 aromatic carbocycles. The quantitative estimate of drug-likeness (QED) is 0.861. The van der Waals surface area contributed by atoms with Gasteiger partial charge in [-0.1, -0.05) is 17.7 Å². The van der Waals surface area contributed by atoms with Crippen LogP contribution in [-0.4, -0.2) is 17.4 Å². The summed E-state index contributed by atoms with van der Waals surface area (Å²) in [6.07, 6.45) is 0. The van der Waals surface area contributed by atoms with Gasteiger partial charge in [0.05, 0.1) is 0 Å². The van der Waals surface area contributed by atoms with Crippen LogP contribution in [0.1, 0.15) is 29.8 Å². The fourth-order valence-corrected chi connectivity index (χ4v) is 1.44. The monoisotopic (exact) mass is 254 g/mol. The molecule has 0 bridgehead atoms. The summed E-state index contributed by atoms with van der Waals surface area (Å²) in [5.74, 6) is -0.959. The van der Waals surface area contributed by atoms with Crippen molar-refractivity contribution in [1.82, 2.24) is 5.32 Å². The fourth-order valence-electron chi connectivity index (χ4n) is 1.27. The van der Waals surface area contributed by atoms with Crippen LogP contribution >= 0.6 is 11.6 Å². The van der Waals surface area contributed by atoms with E-state index in [9.17, 15) is 9.59 Å². The van der Waals surface area contributed by atoms with E-state index < -0.39 is 11.4 Å². The molecule has 92 valence electrons. The first-order valence-corrected chi connectivity index (χ1v) is 5.51. The van der Waals surface area contributed by atoms with Crippen LogP contribution in [0.5, 0.6) is 0 Å². The Kier molecular flexibility index (Phi) is 3.78. The summed E-state index contributed by atoms with van der Waals surface area (Å²) in [6.45, 7) is 4.84. The van der Waals surface area contributed by atoms with Gasteiger partial charge < -0.3 is 11.1 Å². The lowest BCUT2D eigenvalue weighted by molar-refractivity contribution is -0.122. The van der Waals surface area contributed by atoms with Crippen LogP contribution in [0.4, 0.5) is 0 Å². The number of amides is 2. The zero-order valence-corrected chi connectivity index (χ0v) is 10.8. The number of halogens is 1. The molecule has 4 nitrogen and oxygen atoms in total. The van der Waals surface area contributed by atoms with E-state index in [-0.39, 0.29) is 5.91 Å². The van der Waals surface area contributed by atoms with Crippen molar-refractivity contribution >= 4 is 23.4 Å². The molecule has 0 heterocycles. The summed E-state index contributed by atoms with van der Waals surface area (Å²) < 4.78 is 0. The highest BCUT2D eigenvalue weighted by atomic mass is 35.5. The van der Waals surface area contributed by atoms with Crippen molar-refractivity contribution in [2.45, 2.75) is 26.3 Å². The molecule has 3 N–H and O–H groups in total. The number of hydrogen-bond donors (Lipinski definition) is 2. The largest absolute Gasteiger partial charge is 0.368 e. The van der Waals surface area contributed by atoms with E-state index in [1.54, 1.807) is 39.0 Å². The number of primary amides is 1. The summed E-state index contributed by atoms with van der Waals surface area (Å²) in [5.41, 5.74) is 5.20. The molecule has 17 heavy (non-hydrogen) atoms. The van der Waals surface area contributed by atoms with Crippen LogP contribution in [0.3, 0.4) is 0 Å².